The Balaban J connectivity index is 3.68. The van der Waals surface area contributed by atoms with E-state index in [4.69, 9.17) is 10.5 Å². The minimum atomic E-state index is -0.377. The van der Waals surface area contributed by atoms with Gasteiger partial charge in [-0.05, 0) is 13.8 Å². The van der Waals surface area contributed by atoms with Crippen molar-refractivity contribution in [3.05, 3.63) is 12.2 Å². The topological polar surface area (TPSA) is 52.3 Å². The fraction of sp³-hybridized carbons (Fsp3) is 0.571. The maximum absolute atomic E-state index is 10.7. The van der Waals surface area contributed by atoms with Crippen LogP contribution in [0.5, 0.6) is 0 Å². The van der Waals surface area contributed by atoms with Gasteiger partial charge in [0.15, 0.2) is 0 Å². The lowest BCUT2D eigenvalue weighted by Gasteiger charge is -2.09. The van der Waals surface area contributed by atoms with Gasteiger partial charge in [0.2, 0.25) is 0 Å². The third kappa shape index (κ3) is 3.25. The van der Waals surface area contributed by atoms with E-state index in [1.807, 2.05) is 0 Å². The van der Waals surface area contributed by atoms with E-state index in [2.05, 4.69) is 6.58 Å². The van der Waals surface area contributed by atoms with E-state index in [9.17, 15) is 4.79 Å². The van der Waals surface area contributed by atoms with Crippen molar-refractivity contribution in [3.8, 4) is 0 Å². The van der Waals surface area contributed by atoms with Crippen molar-refractivity contribution in [2.24, 2.45) is 5.73 Å². The van der Waals surface area contributed by atoms with E-state index in [1.165, 1.54) is 0 Å². The second-order valence-corrected chi connectivity index (χ2v) is 2.23. The van der Waals surface area contributed by atoms with Gasteiger partial charge in [0.25, 0.3) is 0 Å². The Bertz CT molecular complexity index is 143. The lowest BCUT2D eigenvalue weighted by Crippen LogP contribution is -2.23. The van der Waals surface area contributed by atoms with Crippen LogP contribution >= 0.6 is 0 Å². The van der Waals surface area contributed by atoms with Crippen molar-refractivity contribution in [2.75, 3.05) is 6.54 Å². The quantitative estimate of drug-likeness (QED) is 0.461. The third-order valence-electron chi connectivity index (χ3n) is 0.989. The highest BCUT2D eigenvalue weighted by Crippen LogP contribution is 1.95. The van der Waals surface area contributed by atoms with E-state index in [-0.39, 0.29) is 12.1 Å². The van der Waals surface area contributed by atoms with Crippen LogP contribution in [0.15, 0.2) is 12.2 Å². The summed E-state index contributed by atoms with van der Waals surface area (Å²) in [5.41, 5.74) is 5.62. The summed E-state index contributed by atoms with van der Waals surface area (Å²) >= 11 is 0. The zero-order chi connectivity index (χ0) is 8.15. The van der Waals surface area contributed by atoms with Crippen molar-refractivity contribution in [2.45, 2.75) is 20.0 Å². The van der Waals surface area contributed by atoms with Gasteiger partial charge in [-0.1, -0.05) is 6.58 Å². The monoisotopic (exact) mass is 143 g/mol. The summed E-state index contributed by atoms with van der Waals surface area (Å²) in [6.07, 6.45) is -0.218. The number of carbonyl (C=O) groups excluding carboxylic acids is 1. The van der Waals surface area contributed by atoms with Crippen LogP contribution in [-0.4, -0.2) is 18.6 Å². The number of hydrogen-bond donors (Lipinski definition) is 1. The summed E-state index contributed by atoms with van der Waals surface area (Å²) in [5.74, 6) is -0.377. The van der Waals surface area contributed by atoms with Gasteiger partial charge in [-0.3, -0.25) is 0 Å². The van der Waals surface area contributed by atoms with Gasteiger partial charge in [0, 0.05) is 12.1 Å². The molecule has 0 heterocycles. The molecule has 3 heteroatoms. The minimum absolute atomic E-state index is 0.218. The highest BCUT2D eigenvalue weighted by atomic mass is 16.5. The van der Waals surface area contributed by atoms with Crippen LogP contribution in [0.2, 0.25) is 0 Å². The first-order chi connectivity index (χ1) is 4.57. The summed E-state index contributed by atoms with van der Waals surface area (Å²) < 4.78 is 4.80. The average molecular weight is 143 g/mol. The van der Waals surface area contributed by atoms with Crippen molar-refractivity contribution < 1.29 is 9.53 Å². The first-order valence-electron chi connectivity index (χ1n) is 3.14. The van der Waals surface area contributed by atoms with Gasteiger partial charge in [0.05, 0.1) is 0 Å². The largest absolute Gasteiger partial charge is 0.458 e. The van der Waals surface area contributed by atoms with Crippen LogP contribution < -0.4 is 5.73 Å². The molecule has 0 fully saturated rings. The Morgan fingerprint density at radius 3 is 2.60 bits per heavy atom. The van der Waals surface area contributed by atoms with Crippen molar-refractivity contribution >= 4 is 5.97 Å². The van der Waals surface area contributed by atoms with Gasteiger partial charge in [0.1, 0.15) is 6.10 Å². The van der Waals surface area contributed by atoms with Crippen LogP contribution in [-0.2, 0) is 9.53 Å². The Hall–Kier alpha value is -0.830. The summed E-state index contributed by atoms with van der Waals surface area (Å²) in [5, 5.41) is 0. The molecule has 1 atom stereocenters. The summed E-state index contributed by atoms with van der Waals surface area (Å²) in [6, 6.07) is 0. The first kappa shape index (κ1) is 9.17. The van der Waals surface area contributed by atoms with Crippen LogP contribution in [0.3, 0.4) is 0 Å². The van der Waals surface area contributed by atoms with E-state index >= 15 is 0 Å². The molecule has 0 radical (unpaired) electrons. The lowest BCUT2D eigenvalue weighted by molar-refractivity contribution is -0.142. The van der Waals surface area contributed by atoms with Gasteiger partial charge in [-0.25, -0.2) is 4.79 Å². The molecule has 58 valence electrons. The predicted octanol–water partition coefficient (Wildman–Crippen LogP) is 0.453. The molecule has 0 bridgehead atoms. The van der Waals surface area contributed by atoms with Crippen molar-refractivity contribution in [1.29, 1.82) is 0 Å². The second kappa shape index (κ2) is 4.06. The Morgan fingerprint density at radius 2 is 2.30 bits per heavy atom. The molecule has 0 aromatic heterocycles. The summed E-state index contributed by atoms with van der Waals surface area (Å²) in [7, 11) is 0. The Labute approximate surface area is 60.9 Å². The van der Waals surface area contributed by atoms with E-state index < -0.39 is 0 Å². The number of nitrogens with two attached hydrogens (primary N) is 1. The first-order valence-corrected chi connectivity index (χ1v) is 3.14. The van der Waals surface area contributed by atoms with Crippen LogP contribution in [0.1, 0.15) is 13.8 Å². The molecule has 0 aliphatic heterocycles. The maximum atomic E-state index is 10.7. The molecule has 0 spiro atoms. The Kier molecular flexibility index (Phi) is 3.72. The van der Waals surface area contributed by atoms with E-state index in [0.717, 1.165) is 0 Å². The normalized spacial score (nSPS) is 12.3. The zero-order valence-electron chi connectivity index (χ0n) is 6.39. The van der Waals surface area contributed by atoms with E-state index in [0.29, 0.717) is 12.1 Å². The van der Waals surface area contributed by atoms with Crippen LogP contribution in [0.4, 0.5) is 0 Å². The molecule has 0 saturated carbocycles. The highest BCUT2D eigenvalue weighted by Gasteiger charge is 2.06. The maximum Gasteiger partial charge on any atom is 0.333 e. The molecule has 0 saturated heterocycles. The standard InChI is InChI=1S/C7H13NO2/c1-5(2)7(9)10-6(3)4-8/h6H,1,4,8H2,2-3H3. The number of ether oxygens (including phenoxy) is 1. The number of rotatable bonds is 3. The van der Waals surface area contributed by atoms with Gasteiger partial charge in [-0.15, -0.1) is 0 Å². The molecule has 0 aromatic rings. The fourth-order valence-corrected chi connectivity index (χ4v) is 0.331. The molecule has 0 amide bonds. The third-order valence-corrected chi connectivity index (χ3v) is 0.989. The predicted molar refractivity (Wildman–Crippen MR) is 39.4 cm³/mol. The van der Waals surface area contributed by atoms with Crippen molar-refractivity contribution in [1.82, 2.24) is 0 Å². The molecule has 0 aliphatic rings. The van der Waals surface area contributed by atoms with E-state index in [1.54, 1.807) is 13.8 Å². The summed E-state index contributed by atoms with van der Waals surface area (Å²) in [4.78, 5) is 10.7. The van der Waals surface area contributed by atoms with Gasteiger partial charge in [-0.2, -0.15) is 0 Å². The molecule has 0 aliphatic carbocycles. The van der Waals surface area contributed by atoms with Gasteiger partial charge >= 0.3 is 5.97 Å². The molecule has 10 heavy (non-hydrogen) atoms. The summed E-state index contributed by atoms with van der Waals surface area (Å²) in [6.45, 7) is 7.11. The van der Waals surface area contributed by atoms with Crippen molar-refractivity contribution in [3.63, 3.8) is 0 Å². The van der Waals surface area contributed by atoms with Crippen LogP contribution in [0, 0.1) is 0 Å². The number of hydrogen-bond acceptors (Lipinski definition) is 3. The van der Waals surface area contributed by atoms with Gasteiger partial charge < -0.3 is 10.5 Å². The second-order valence-electron chi connectivity index (χ2n) is 2.23. The highest BCUT2D eigenvalue weighted by molar-refractivity contribution is 5.87. The molecular weight excluding hydrogens is 130 g/mol. The molecular formula is C7H13NO2. The number of carbonyl (C=O) groups is 1. The smallest absolute Gasteiger partial charge is 0.333 e. The SMILES string of the molecule is C=C(C)C(=O)OC(C)CN. The zero-order valence-corrected chi connectivity index (χ0v) is 6.39. The molecule has 2 N–H and O–H groups in total. The van der Waals surface area contributed by atoms with Crippen LogP contribution in [0.25, 0.3) is 0 Å². The molecule has 1 unspecified atom stereocenters. The minimum Gasteiger partial charge on any atom is -0.458 e. The average Bonchev–Trinajstić information content (AvgIpc) is 1.87. The molecule has 0 aromatic carbocycles. The Morgan fingerprint density at radius 1 is 1.80 bits per heavy atom. The number of esters is 1. The molecule has 0 rings (SSSR count). The fourth-order valence-electron chi connectivity index (χ4n) is 0.331. The molecule has 3 nitrogen and oxygen atoms in total. The lowest BCUT2D eigenvalue weighted by atomic mass is 10.3.